The fraction of sp³-hybridized carbons (Fsp3) is 0.286. The zero-order valence-electron chi connectivity index (χ0n) is 10.7. The Bertz CT molecular complexity index is 474. The van der Waals surface area contributed by atoms with Gasteiger partial charge in [-0.05, 0) is 24.1 Å². The SMILES string of the molecule is COC(=O)C/C(=C/c1ccccc1C)C(=O)OC. The van der Waals surface area contributed by atoms with Crippen LogP contribution in [0.1, 0.15) is 17.5 Å². The minimum Gasteiger partial charge on any atom is -0.469 e. The first kappa shape index (κ1) is 14.0. The normalized spacial score (nSPS) is 10.9. The Morgan fingerprint density at radius 3 is 2.39 bits per heavy atom. The van der Waals surface area contributed by atoms with E-state index >= 15 is 0 Å². The van der Waals surface area contributed by atoms with Crippen LogP contribution in [0.15, 0.2) is 29.8 Å². The lowest BCUT2D eigenvalue weighted by molar-refractivity contribution is -0.143. The Morgan fingerprint density at radius 2 is 1.83 bits per heavy atom. The molecule has 0 aliphatic heterocycles. The van der Waals surface area contributed by atoms with E-state index in [4.69, 9.17) is 0 Å². The molecule has 0 unspecified atom stereocenters. The maximum absolute atomic E-state index is 11.6. The molecule has 0 aromatic heterocycles. The average molecular weight is 248 g/mol. The van der Waals surface area contributed by atoms with Crippen LogP contribution in [0.25, 0.3) is 6.08 Å². The van der Waals surface area contributed by atoms with Crippen LogP contribution < -0.4 is 0 Å². The highest BCUT2D eigenvalue weighted by Crippen LogP contribution is 2.15. The Balaban J connectivity index is 3.06. The summed E-state index contributed by atoms with van der Waals surface area (Å²) < 4.78 is 9.21. The lowest BCUT2D eigenvalue weighted by Crippen LogP contribution is -2.11. The number of benzene rings is 1. The Hall–Kier alpha value is -2.10. The van der Waals surface area contributed by atoms with Gasteiger partial charge in [0.1, 0.15) is 0 Å². The largest absolute Gasteiger partial charge is 0.469 e. The summed E-state index contributed by atoms with van der Waals surface area (Å²) in [6.45, 7) is 1.93. The molecule has 1 aromatic carbocycles. The molecule has 1 rings (SSSR count). The molecule has 0 spiro atoms. The minimum absolute atomic E-state index is 0.0997. The minimum atomic E-state index is -0.524. The third-order valence-corrected chi connectivity index (χ3v) is 2.53. The molecule has 4 heteroatoms. The fourth-order valence-electron chi connectivity index (χ4n) is 1.48. The van der Waals surface area contributed by atoms with Gasteiger partial charge in [-0.1, -0.05) is 24.3 Å². The molecule has 18 heavy (non-hydrogen) atoms. The van der Waals surface area contributed by atoms with Crippen LogP contribution in [-0.2, 0) is 19.1 Å². The third-order valence-electron chi connectivity index (χ3n) is 2.53. The van der Waals surface area contributed by atoms with E-state index in [1.54, 1.807) is 6.08 Å². The summed E-state index contributed by atoms with van der Waals surface area (Å²) in [7, 11) is 2.57. The molecule has 0 amide bonds. The van der Waals surface area contributed by atoms with Gasteiger partial charge < -0.3 is 9.47 Å². The number of carbonyl (C=O) groups excluding carboxylic acids is 2. The van der Waals surface area contributed by atoms with Crippen LogP contribution in [0.5, 0.6) is 0 Å². The summed E-state index contributed by atoms with van der Waals surface area (Å²) in [5.41, 5.74) is 2.17. The van der Waals surface area contributed by atoms with Crippen molar-refractivity contribution >= 4 is 18.0 Å². The van der Waals surface area contributed by atoms with E-state index in [0.29, 0.717) is 0 Å². The second-order valence-electron chi connectivity index (χ2n) is 3.77. The van der Waals surface area contributed by atoms with Crippen molar-refractivity contribution in [1.29, 1.82) is 0 Å². The van der Waals surface area contributed by atoms with Crippen LogP contribution in [-0.4, -0.2) is 26.2 Å². The lowest BCUT2D eigenvalue weighted by atomic mass is 10.0. The maximum Gasteiger partial charge on any atom is 0.334 e. The van der Waals surface area contributed by atoms with E-state index in [2.05, 4.69) is 9.47 Å². The van der Waals surface area contributed by atoms with Crippen molar-refractivity contribution in [3.63, 3.8) is 0 Å². The molecule has 96 valence electrons. The molecule has 0 aliphatic carbocycles. The van der Waals surface area contributed by atoms with Gasteiger partial charge in [0.2, 0.25) is 0 Å². The highest BCUT2D eigenvalue weighted by molar-refractivity contribution is 5.98. The molecule has 0 saturated carbocycles. The van der Waals surface area contributed by atoms with Crippen LogP contribution in [0.3, 0.4) is 0 Å². The van der Waals surface area contributed by atoms with Crippen molar-refractivity contribution in [3.8, 4) is 0 Å². The summed E-state index contributed by atoms with van der Waals surface area (Å²) in [6, 6.07) is 7.57. The summed E-state index contributed by atoms with van der Waals surface area (Å²) >= 11 is 0. The number of ether oxygens (including phenoxy) is 2. The molecule has 0 radical (unpaired) electrons. The van der Waals surface area contributed by atoms with E-state index < -0.39 is 11.9 Å². The monoisotopic (exact) mass is 248 g/mol. The molecule has 0 bridgehead atoms. The van der Waals surface area contributed by atoms with Gasteiger partial charge in [0.15, 0.2) is 0 Å². The van der Waals surface area contributed by atoms with Gasteiger partial charge in [0, 0.05) is 5.57 Å². The number of methoxy groups -OCH3 is 2. The first-order valence-corrected chi connectivity index (χ1v) is 5.49. The van der Waals surface area contributed by atoms with Gasteiger partial charge in [-0.3, -0.25) is 4.79 Å². The van der Waals surface area contributed by atoms with Crippen LogP contribution >= 0.6 is 0 Å². The second kappa shape index (κ2) is 6.59. The smallest absolute Gasteiger partial charge is 0.334 e. The van der Waals surface area contributed by atoms with Gasteiger partial charge >= 0.3 is 11.9 Å². The second-order valence-corrected chi connectivity index (χ2v) is 3.77. The van der Waals surface area contributed by atoms with E-state index in [0.717, 1.165) is 11.1 Å². The molecule has 0 atom stereocenters. The molecule has 0 heterocycles. The zero-order chi connectivity index (χ0) is 13.5. The zero-order valence-corrected chi connectivity index (χ0v) is 10.7. The van der Waals surface area contributed by atoms with Gasteiger partial charge in [-0.15, -0.1) is 0 Å². The Morgan fingerprint density at radius 1 is 1.17 bits per heavy atom. The molecular formula is C14H16O4. The van der Waals surface area contributed by atoms with Crippen LogP contribution in [0.2, 0.25) is 0 Å². The van der Waals surface area contributed by atoms with Gasteiger partial charge in [-0.25, -0.2) is 4.79 Å². The lowest BCUT2D eigenvalue weighted by Gasteiger charge is -2.06. The first-order chi connectivity index (χ1) is 8.58. The first-order valence-electron chi connectivity index (χ1n) is 5.49. The van der Waals surface area contributed by atoms with Crippen molar-refractivity contribution in [2.75, 3.05) is 14.2 Å². The van der Waals surface area contributed by atoms with E-state index in [1.807, 2.05) is 31.2 Å². The quantitative estimate of drug-likeness (QED) is 0.605. The van der Waals surface area contributed by atoms with Crippen molar-refractivity contribution in [2.45, 2.75) is 13.3 Å². The molecular weight excluding hydrogens is 232 g/mol. The van der Waals surface area contributed by atoms with E-state index in [-0.39, 0.29) is 12.0 Å². The Kier molecular flexibility index (Phi) is 5.11. The highest BCUT2D eigenvalue weighted by Gasteiger charge is 2.15. The molecule has 0 saturated heterocycles. The number of rotatable bonds is 4. The molecule has 0 N–H and O–H groups in total. The highest BCUT2D eigenvalue weighted by atomic mass is 16.5. The predicted octanol–water partition coefficient (Wildman–Crippen LogP) is 2.11. The van der Waals surface area contributed by atoms with Gasteiger partial charge in [0.25, 0.3) is 0 Å². The van der Waals surface area contributed by atoms with Crippen molar-refractivity contribution < 1.29 is 19.1 Å². The maximum atomic E-state index is 11.6. The van der Waals surface area contributed by atoms with Crippen LogP contribution in [0, 0.1) is 6.92 Å². The average Bonchev–Trinajstić information content (AvgIpc) is 2.39. The molecule has 0 fully saturated rings. The van der Waals surface area contributed by atoms with E-state index in [1.165, 1.54) is 14.2 Å². The summed E-state index contributed by atoms with van der Waals surface area (Å²) in [5, 5.41) is 0. The predicted molar refractivity (Wildman–Crippen MR) is 67.8 cm³/mol. The number of hydrogen-bond acceptors (Lipinski definition) is 4. The van der Waals surface area contributed by atoms with Crippen molar-refractivity contribution in [3.05, 3.63) is 41.0 Å². The number of carbonyl (C=O) groups is 2. The van der Waals surface area contributed by atoms with Gasteiger partial charge in [-0.2, -0.15) is 0 Å². The summed E-state index contributed by atoms with van der Waals surface area (Å²) in [4.78, 5) is 22.8. The molecule has 4 nitrogen and oxygen atoms in total. The fourth-order valence-corrected chi connectivity index (χ4v) is 1.48. The Labute approximate surface area is 106 Å². The van der Waals surface area contributed by atoms with Crippen molar-refractivity contribution in [1.82, 2.24) is 0 Å². The van der Waals surface area contributed by atoms with Crippen molar-refractivity contribution in [2.24, 2.45) is 0 Å². The number of hydrogen-bond donors (Lipinski definition) is 0. The van der Waals surface area contributed by atoms with E-state index in [9.17, 15) is 9.59 Å². The summed E-state index contributed by atoms with van der Waals surface area (Å²) in [6.07, 6.45) is 1.55. The number of esters is 2. The summed E-state index contributed by atoms with van der Waals surface area (Å²) in [5.74, 6) is -0.996. The number of aryl methyl sites for hydroxylation is 1. The van der Waals surface area contributed by atoms with Crippen LogP contribution in [0.4, 0.5) is 0 Å². The van der Waals surface area contributed by atoms with Gasteiger partial charge in [0.05, 0.1) is 20.6 Å². The molecule has 0 aliphatic rings. The topological polar surface area (TPSA) is 52.6 Å². The standard InChI is InChI=1S/C14H16O4/c1-10-6-4-5-7-11(10)8-12(14(16)18-3)9-13(15)17-2/h4-8H,9H2,1-3H3/b12-8-. The third kappa shape index (κ3) is 3.73. The molecule has 1 aromatic rings.